The second-order valence-electron chi connectivity index (χ2n) is 5.78. The third-order valence-electron chi connectivity index (χ3n) is 3.94. The lowest BCUT2D eigenvalue weighted by Crippen LogP contribution is -2.27. The van der Waals surface area contributed by atoms with Gasteiger partial charge in [0.05, 0.1) is 11.3 Å². The normalized spacial score (nSPS) is 16.4. The largest absolute Gasteiger partial charge is 0.487 e. The number of anilines is 1. The molecule has 3 rings (SSSR count). The van der Waals surface area contributed by atoms with Gasteiger partial charge in [0.25, 0.3) is 5.91 Å². The predicted octanol–water partition coefficient (Wildman–Crippen LogP) is 3.08. The van der Waals surface area contributed by atoms with Gasteiger partial charge in [0.2, 0.25) is 0 Å². The molecule has 1 aliphatic heterocycles. The Balaban J connectivity index is 1.78. The molecule has 1 saturated heterocycles. The minimum absolute atomic E-state index is 0.0784. The Bertz CT molecular complexity index is 754. The molecule has 0 unspecified atom stereocenters. The van der Waals surface area contributed by atoms with Crippen molar-refractivity contribution in [3.8, 4) is 5.75 Å². The molecular weight excluding hydrogens is 322 g/mol. The second kappa shape index (κ2) is 7.81. The minimum atomic E-state index is -1.07. The smallest absolute Gasteiger partial charge is 0.335 e. The molecule has 2 aromatic rings. The van der Waals surface area contributed by atoms with Crippen molar-refractivity contribution in [3.05, 3.63) is 59.7 Å². The topological polar surface area (TPSA) is 84.9 Å². The van der Waals surface area contributed by atoms with E-state index in [1.165, 1.54) is 12.1 Å². The Morgan fingerprint density at radius 3 is 2.68 bits per heavy atom. The average molecular weight is 341 g/mol. The molecule has 0 spiro atoms. The Labute approximate surface area is 145 Å². The number of amides is 1. The predicted molar refractivity (Wildman–Crippen MR) is 91.8 cm³/mol. The van der Waals surface area contributed by atoms with Crippen LogP contribution in [-0.4, -0.2) is 29.7 Å². The van der Waals surface area contributed by atoms with Gasteiger partial charge in [-0.3, -0.25) is 4.79 Å². The van der Waals surface area contributed by atoms with Crippen molar-refractivity contribution >= 4 is 17.6 Å². The van der Waals surface area contributed by atoms with E-state index in [2.05, 4.69) is 5.32 Å². The molecule has 0 saturated carbocycles. The number of hydrogen-bond donors (Lipinski definition) is 2. The lowest BCUT2D eigenvalue weighted by Gasteiger charge is -2.15. The molecule has 1 amide bonds. The first-order chi connectivity index (χ1) is 12.1. The summed E-state index contributed by atoms with van der Waals surface area (Å²) in [7, 11) is 0. The van der Waals surface area contributed by atoms with Crippen LogP contribution in [0.2, 0.25) is 0 Å². The van der Waals surface area contributed by atoms with E-state index in [9.17, 15) is 14.7 Å². The molecule has 1 fully saturated rings. The molecule has 1 aliphatic rings. The second-order valence-corrected chi connectivity index (χ2v) is 5.78. The molecule has 25 heavy (non-hydrogen) atoms. The van der Waals surface area contributed by atoms with Crippen LogP contribution >= 0.6 is 0 Å². The maximum absolute atomic E-state index is 12.3. The molecular formula is C19H19NO5. The third kappa shape index (κ3) is 4.36. The van der Waals surface area contributed by atoms with E-state index < -0.39 is 12.1 Å². The van der Waals surface area contributed by atoms with E-state index in [0.717, 1.165) is 12.0 Å². The molecule has 2 aromatic carbocycles. The van der Waals surface area contributed by atoms with Gasteiger partial charge < -0.3 is 19.9 Å². The van der Waals surface area contributed by atoms with Crippen molar-refractivity contribution in [2.75, 3.05) is 11.9 Å². The summed E-state index contributed by atoms with van der Waals surface area (Å²) in [5, 5.41) is 11.9. The molecule has 1 heterocycles. The molecule has 2 N–H and O–H groups in total. The van der Waals surface area contributed by atoms with E-state index >= 15 is 0 Å². The van der Waals surface area contributed by atoms with Crippen LogP contribution in [0.4, 0.5) is 5.69 Å². The van der Waals surface area contributed by atoms with Crippen LogP contribution in [-0.2, 0) is 16.1 Å². The summed E-state index contributed by atoms with van der Waals surface area (Å²) in [6.07, 6.45) is 0.991. The maximum Gasteiger partial charge on any atom is 0.335 e. The number of carboxylic acids is 1. The van der Waals surface area contributed by atoms with Crippen LogP contribution in [0.15, 0.2) is 48.5 Å². The lowest BCUT2D eigenvalue weighted by molar-refractivity contribution is -0.124. The monoisotopic (exact) mass is 341 g/mol. The third-order valence-corrected chi connectivity index (χ3v) is 3.94. The van der Waals surface area contributed by atoms with E-state index in [1.54, 1.807) is 6.07 Å². The van der Waals surface area contributed by atoms with Gasteiger partial charge in [0.15, 0.2) is 0 Å². The van der Waals surface area contributed by atoms with Crippen LogP contribution in [0.25, 0.3) is 0 Å². The van der Waals surface area contributed by atoms with E-state index in [4.69, 9.17) is 9.47 Å². The maximum atomic E-state index is 12.3. The number of carbonyl (C=O) groups is 2. The highest BCUT2D eigenvalue weighted by molar-refractivity contribution is 5.97. The quantitative estimate of drug-likeness (QED) is 0.843. The lowest BCUT2D eigenvalue weighted by atomic mass is 10.1. The number of rotatable bonds is 6. The molecule has 0 radical (unpaired) electrons. The van der Waals surface area contributed by atoms with Crippen molar-refractivity contribution in [2.24, 2.45) is 0 Å². The van der Waals surface area contributed by atoms with Crippen molar-refractivity contribution in [2.45, 2.75) is 25.6 Å². The number of carboxylic acid groups (broad SMARTS) is 1. The summed E-state index contributed by atoms with van der Waals surface area (Å²) in [5.41, 5.74) is 1.38. The Morgan fingerprint density at radius 1 is 1.20 bits per heavy atom. The van der Waals surface area contributed by atoms with E-state index in [0.29, 0.717) is 31.1 Å². The van der Waals surface area contributed by atoms with Gasteiger partial charge in [-0.2, -0.15) is 0 Å². The first-order valence-corrected chi connectivity index (χ1v) is 8.10. The van der Waals surface area contributed by atoms with Crippen molar-refractivity contribution < 1.29 is 24.2 Å². The molecule has 0 aliphatic carbocycles. The minimum Gasteiger partial charge on any atom is -0.487 e. The molecule has 130 valence electrons. The fourth-order valence-electron chi connectivity index (χ4n) is 2.62. The van der Waals surface area contributed by atoms with Crippen molar-refractivity contribution in [1.29, 1.82) is 0 Å². The first-order valence-electron chi connectivity index (χ1n) is 8.10. The van der Waals surface area contributed by atoms with Crippen LogP contribution in [0.3, 0.4) is 0 Å². The highest BCUT2D eigenvalue weighted by Gasteiger charge is 2.24. The average Bonchev–Trinajstić information content (AvgIpc) is 3.16. The van der Waals surface area contributed by atoms with Gasteiger partial charge in [-0.1, -0.05) is 30.3 Å². The highest BCUT2D eigenvalue weighted by Crippen LogP contribution is 2.28. The summed E-state index contributed by atoms with van der Waals surface area (Å²) in [5.74, 6) is -0.938. The molecule has 1 atom stereocenters. The summed E-state index contributed by atoms with van der Waals surface area (Å²) in [6, 6.07) is 14.0. The molecule has 0 bridgehead atoms. The van der Waals surface area contributed by atoms with E-state index in [1.807, 2.05) is 30.3 Å². The number of nitrogens with one attached hydrogen (secondary N) is 1. The number of hydrogen-bond acceptors (Lipinski definition) is 4. The standard InChI is InChI=1S/C19H19NO5/c21-18(17-7-4-10-24-17)20-15-11-14(19(22)23)8-9-16(15)25-12-13-5-2-1-3-6-13/h1-3,5-6,8-9,11,17H,4,7,10,12H2,(H,20,21)(H,22,23)/t17-/m1/s1. The van der Waals surface area contributed by atoms with Gasteiger partial charge >= 0.3 is 5.97 Å². The fourth-order valence-corrected chi connectivity index (χ4v) is 2.62. The zero-order chi connectivity index (χ0) is 17.6. The zero-order valence-corrected chi connectivity index (χ0v) is 13.6. The van der Waals surface area contributed by atoms with Gasteiger partial charge in [-0.15, -0.1) is 0 Å². The van der Waals surface area contributed by atoms with Crippen LogP contribution in [0.1, 0.15) is 28.8 Å². The van der Waals surface area contributed by atoms with Gasteiger partial charge in [-0.25, -0.2) is 4.79 Å². The summed E-state index contributed by atoms with van der Waals surface area (Å²) >= 11 is 0. The Kier molecular flexibility index (Phi) is 5.30. The Morgan fingerprint density at radius 2 is 2.00 bits per heavy atom. The number of ether oxygens (including phenoxy) is 2. The summed E-state index contributed by atoms with van der Waals surface area (Å²) < 4.78 is 11.1. The fraction of sp³-hybridized carbons (Fsp3) is 0.263. The van der Waals surface area contributed by atoms with Gasteiger partial charge in [0.1, 0.15) is 18.5 Å². The molecule has 6 nitrogen and oxygen atoms in total. The van der Waals surface area contributed by atoms with Crippen LogP contribution in [0.5, 0.6) is 5.75 Å². The number of aromatic carboxylic acids is 1. The first kappa shape index (κ1) is 17.0. The zero-order valence-electron chi connectivity index (χ0n) is 13.6. The molecule has 6 heteroatoms. The van der Waals surface area contributed by atoms with Crippen molar-refractivity contribution in [3.63, 3.8) is 0 Å². The molecule has 0 aromatic heterocycles. The SMILES string of the molecule is O=C(O)c1ccc(OCc2ccccc2)c(NC(=O)[C@H]2CCCO2)c1. The Hall–Kier alpha value is -2.86. The summed E-state index contributed by atoms with van der Waals surface area (Å²) in [4.78, 5) is 23.5. The number of benzene rings is 2. The van der Waals surface area contributed by atoms with Crippen LogP contribution < -0.4 is 10.1 Å². The van der Waals surface area contributed by atoms with Gasteiger partial charge in [-0.05, 0) is 36.6 Å². The van der Waals surface area contributed by atoms with Crippen LogP contribution in [0, 0.1) is 0 Å². The van der Waals surface area contributed by atoms with Gasteiger partial charge in [0, 0.05) is 6.61 Å². The highest BCUT2D eigenvalue weighted by atomic mass is 16.5. The number of carbonyl (C=O) groups excluding carboxylic acids is 1. The van der Waals surface area contributed by atoms with E-state index in [-0.39, 0.29) is 11.5 Å². The summed E-state index contributed by atoms with van der Waals surface area (Å²) in [6.45, 7) is 0.876. The van der Waals surface area contributed by atoms with Crippen molar-refractivity contribution in [1.82, 2.24) is 0 Å².